The molecule has 0 aromatic heterocycles. The van der Waals surface area contributed by atoms with Crippen molar-refractivity contribution < 1.29 is 0 Å². The minimum Gasteiger partial charge on any atom is -0.0985 e. The first-order valence-corrected chi connectivity index (χ1v) is 11.8. The third-order valence-electron chi connectivity index (χ3n) is 3.70. The molecule has 2 rings (SSSR count). The molecule has 2 aromatic carbocycles. The summed E-state index contributed by atoms with van der Waals surface area (Å²) in [6.45, 7) is 15.4. The molecule has 0 nitrogen and oxygen atoms in total. The zero-order valence-corrected chi connectivity index (χ0v) is 15.8. The summed E-state index contributed by atoms with van der Waals surface area (Å²) in [4.78, 5) is 0. The molecule has 1 heteroatoms. The van der Waals surface area contributed by atoms with E-state index in [-0.39, 0.29) is 0 Å². The molecule has 0 aliphatic carbocycles. The van der Waals surface area contributed by atoms with Crippen molar-refractivity contribution in [3.8, 4) is 0 Å². The van der Waals surface area contributed by atoms with E-state index in [0.29, 0.717) is 0 Å². The van der Waals surface area contributed by atoms with Gasteiger partial charge < -0.3 is 0 Å². The smallest absolute Gasteiger partial charge is 0.0448 e. The fourth-order valence-electron chi connectivity index (χ4n) is 2.63. The van der Waals surface area contributed by atoms with Gasteiger partial charge in [-0.25, -0.2) is 0 Å². The van der Waals surface area contributed by atoms with Gasteiger partial charge in [-0.15, -0.1) is 0 Å². The molecule has 2 aromatic rings. The summed E-state index contributed by atoms with van der Waals surface area (Å²) < 4.78 is 0. The van der Waals surface area contributed by atoms with Crippen molar-refractivity contribution in [3.05, 3.63) is 77.9 Å². The van der Waals surface area contributed by atoms with Gasteiger partial charge in [0.1, 0.15) is 0 Å². The van der Waals surface area contributed by atoms with Gasteiger partial charge in [-0.3, -0.25) is 0 Å². The monoisotopic (exact) mass is 310 g/mol. The third-order valence-corrected chi connectivity index (χ3v) is 5.53. The van der Waals surface area contributed by atoms with E-state index >= 15 is 0 Å². The highest BCUT2D eigenvalue weighted by Crippen LogP contribution is 2.25. The first-order chi connectivity index (χ1) is 10.3. The Bertz CT molecular complexity index is 564. The highest BCUT2D eigenvalue weighted by Gasteiger charge is 2.17. The maximum absolute atomic E-state index is 3.69. The molecule has 0 amide bonds. The van der Waals surface area contributed by atoms with Crippen molar-refractivity contribution in [2.24, 2.45) is 0 Å². The second kappa shape index (κ2) is 8.75. The molecule has 22 heavy (non-hydrogen) atoms. The average molecular weight is 311 g/mol. The molecule has 0 N–H and O–H groups in total. The zero-order valence-electron chi connectivity index (χ0n) is 14.8. The Kier molecular flexibility index (Phi) is 7.33. The zero-order chi connectivity index (χ0) is 16.6. The van der Waals surface area contributed by atoms with Gasteiger partial charge in [0.15, 0.2) is 0 Å². The Hall–Kier alpha value is -1.60. The summed E-state index contributed by atoms with van der Waals surface area (Å²) in [6.07, 6.45) is 1.87. The van der Waals surface area contributed by atoms with Crippen LogP contribution in [0, 0.1) is 6.92 Å². The molecule has 1 atom stereocenters. The lowest BCUT2D eigenvalue weighted by Crippen LogP contribution is -2.21. The van der Waals surface area contributed by atoms with E-state index in [0.717, 1.165) is 5.92 Å². The molecule has 118 valence electrons. The lowest BCUT2D eigenvalue weighted by Gasteiger charge is -2.21. The van der Waals surface area contributed by atoms with Gasteiger partial charge in [0.2, 0.25) is 0 Å². The second-order valence-corrected chi connectivity index (χ2v) is 12.7. The highest BCUT2D eigenvalue weighted by molar-refractivity contribution is 6.76. The van der Waals surface area contributed by atoms with Crippen molar-refractivity contribution in [3.63, 3.8) is 0 Å². The molecular weight excluding hydrogens is 280 g/mol. The molecule has 0 heterocycles. The number of rotatable bonds is 4. The van der Waals surface area contributed by atoms with Gasteiger partial charge in [0, 0.05) is 8.07 Å². The van der Waals surface area contributed by atoms with Gasteiger partial charge in [0.25, 0.3) is 0 Å². The van der Waals surface area contributed by atoms with Crippen LogP contribution in [0.15, 0.2) is 61.2 Å². The van der Waals surface area contributed by atoms with E-state index in [1.807, 2.05) is 18.2 Å². The normalized spacial score (nSPS) is 12.0. The van der Waals surface area contributed by atoms with Crippen LogP contribution in [0.5, 0.6) is 0 Å². The first kappa shape index (κ1) is 18.4. The average Bonchev–Trinajstić information content (AvgIpc) is 2.48. The molecule has 1 unspecified atom stereocenters. The van der Waals surface area contributed by atoms with Crippen molar-refractivity contribution in [2.45, 2.75) is 45.5 Å². The molecule has 0 saturated carbocycles. The Balaban J connectivity index is 0.000000235. The van der Waals surface area contributed by atoms with Gasteiger partial charge >= 0.3 is 0 Å². The lowest BCUT2D eigenvalue weighted by atomic mass is 10.0. The summed E-state index contributed by atoms with van der Waals surface area (Å²) in [6, 6.07) is 20.4. The van der Waals surface area contributed by atoms with Gasteiger partial charge in [0.05, 0.1) is 0 Å². The third kappa shape index (κ3) is 6.90. The van der Waals surface area contributed by atoms with Crippen LogP contribution in [0.4, 0.5) is 0 Å². The van der Waals surface area contributed by atoms with E-state index in [1.165, 1.54) is 22.7 Å². The molecular formula is C21H30Si. The summed E-state index contributed by atoms with van der Waals surface area (Å²) in [7, 11) is -0.903. The molecule has 0 radical (unpaired) electrons. The van der Waals surface area contributed by atoms with Gasteiger partial charge in [-0.2, -0.15) is 0 Å². The summed E-state index contributed by atoms with van der Waals surface area (Å²) in [5.41, 5.74) is 4.00. The molecule has 0 saturated heterocycles. The fourth-order valence-corrected chi connectivity index (χ4v) is 4.71. The molecule has 0 bridgehead atoms. The number of benzene rings is 2. The number of aryl methyl sites for hydroxylation is 1. The molecule has 0 aliphatic heterocycles. The highest BCUT2D eigenvalue weighted by atomic mass is 28.3. The van der Waals surface area contributed by atoms with Crippen molar-refractivity contribution >= 4 is 14.1 Å². The van der Waals surface area contributed by atoms with E-state index in [9.17, 15) is 0 Å². The SMILES string of the molecule is C=Cc1ccccc1C.CC(C[Si](C)(C)C)c1ccccc1. The summed E-state index contributed by atoms with van der Waals surface area (Å²) in [5, 5.41) is 0. The number of hydrogen-bond donors (Lipinski definition) is 0. The Morgan fingerprint density at radius 2 is 1.50 bits per heavy atom. The van der Waals surface area contributed by atoms with Crippen LogP contribution < -0.4 is 0 Å². The Morgan fingerprint density at radius 3 is 1.95 bits per heavy atom. The minimum atomic E-state index is -0.903. The maximum atomic E-state index is 3.69. The quantitative estimate of drug-likeness (QED) is 0.547. The topological polar surface area (TPSA) is 0 Å². The van der Waals surface area contributed by atoms with Crippen molar-refractivity contribution in [1.82, 2.24) is 0 Å². The molecule has 0 fully saturated rings. The predicted octanol–water partition coefficient (Wildman–Crippen LogP) is 6.77. The van der Waals surface area contributed by atoms with Crippen molar-refractivity contribution in [2.75, 3.05) is 0 Å². The lowest BCUT2D eigenvalue weighted by molar-refractivity contribution is 0.845. The van der Waals surface area contributed by atoms with Crippen LogP contribution in [0.1, 0.15) is 29.5 Å². The van der Waals surface area contributed by atoms with Gasteiger partial charge in [-0.1, -0.05) is 99.9 Å². The van der Waals surface area contributed by atoms with Crippen molar-refractivity contribution in [1.29, 1.82) is 0 Å². The second-order valence-electron chi connectivity index (χ2n) is 7.14. The first-order valence-electron chi connectivity index (χ1n) is 8.06. The summed E-state index contributed by atoms with van der Waals surface area (Å²) >= 11 is 0. The van der Waals surface area contributed by atoms with E-state index in [2.05, 4.69) is 82.5 Å². The minimum absolute atomic E-state index is 0.730. The maximum Gasteiger partial charge on any atom is 0.0448 e. The standard InChI is InChI=1S/C12H20Si.C9H10/c1-11(10-13(2,3)4)12-8-6-5-7-9-12;1-3-9-7-5-4-6-8(9)2/h5-9,11H,10H2,1-4H3;3-7H,1H2,2H3. The number of hydrogen-bond acceptors (Lipinski definition) is 0. The predicted molar refractivity (Wildman–Crippen MR) is 104 cm³/mol. The van der Waals surface area contributed by atoms with Crippen LogP contribution in [-0.4, -0.2) is 8.07 Å². The molecule has 0 spiro atoms. The van der Waals surface area contributed by atoms with Crippen LogP contribution >= 0.6 is 0 Å². The Labute approximate surface area is 137 Å². The van der Waals surface area contributed by atoms with Crippen LogP contribution in [0.2, 0.25) is 25.7 Å². The fraction of sp³-hybridized carbons (Fsp3) is 0.333. The van der Waals surface area contributed by atoms with E-state index in [1.54, 1.807) is 0 Å². The molecule has 0 aliphatic rings. The van der Waals surface area contributed by atoms with Crippen LogP contribution in [0.3, 0.4) is 0 Å². The van der Waals surface area contributed by atoms with Crippen LogP contribution in [0.25, 0.3) is 6.08 Å². The summed E-state index contributed by atoms with van der Waals surface area (Å²) in [5.74, 6) is 0.730. The largest absolute Gasteiger partial charge is 0.0985 e. The van der Waals surface area contributed by atoms with Gasteiger partial charge in [-0.05, 0) is 29.5 Å². The van der Waals surface area contributed by atoms with E-state index < -0.39 is 8.07 Å². The van der Waals surface area contributed by atoms with Crippen LogP contribution in [-0.2, 0) is 0 Å². The Morgan fingerprint density at radius 1 is 0.955 bits per heavy atom. The van der Waals surface area contributed by atoms with E-state index in [4.69, 9.17) is 0 Å².